The number of nitrogens with two attached hydrogens (primary N) is 2. The molecule has 13 nitrogen and oxygen atoms in total. The van der Waals surface area contributed by atoms with Gasteiger partial charge in [0.1, 0.15) is 22.7 Å². The standard InChI is InChI=1S/C27H22N8O5/c1-14-12-21(34-31-16-4-2-15(3-5-16)26(37)38)24(29)25(23(14)28)35-32-18-8-6-17(7-9-18)30-33-19-10-11-22(36)20(13-19)27(39)40/h2-13,36H,28-29H2,1H3,(H,37,38)(H,39,40). The molecule has 0 heterocycles. The second-order valence-electron chi connectivity index (χ2n) is 8.36. The molecule has 0 radical (unpaired) electrons. The molecule has 13 heteroatoms. The SMILES string of the molecule is Cc1cc(N=Nc2ccc(C(=O)O)cc2)c(N)c(N=Nc2ccc(N=Nc3ccc(O)c(C(=O)O)c3)cc2)c1N. The summed E-state index contributed by atoms with van der Waals surface area (Å²) in [5.74, 6) is -2.68. The first-order chi connectivity index (χ1) is 19.1. The molecule has 0 aliphatic rings. The first-order valence-electron chi connectivity index (χ1n) is 11.6. The van der Waals surface area contributed by atoms with Gasteiger partial charge >= 0.3 is 11.9 Å². The highest BCUT2D eigenvalue weighted by molar-refractivity contribution is 5.92. The molecule has 7 N–H and O–H groups in total. The smallest absolute Gasteiger partial charge is 0.339 e. The summed E-state index contributed by atoms with van der Waals surface area (Å²) in [7, 11) is 0. The van der Waals surface area contributed by atoms with Crippen LogP contribution in [0.2, 0.25) is 0 Å². The molecule has 0 spiro atoms. The van der Waals surface area contributed by atoms with Gasteiger partial charge in [-0.1, -0.05) is 0 Å². The lowest BCUT2D eigenvalue weighted by molar-refractivity contribution is 0.0684. The zero-order valence-electron chi connectivity index (χ0n) is 20.9. The molecule has 0 unspecified atom stereocenters. The fraction of sp³-hybridized carbons (Fsp3) is 0.0370. The summed E-state index contributed by atoms with van der Waals surface area (Å²) in [5.41, 5.74) is 15.6. The van der Waals surface area contributed by atoms with Crippen LogP contribution in [0, 0.1) is 6.92 Å². The number of nitrogens with zero attached hydrogens (tertiary/aromatic N) is 6. The van der Waals surface area contributed by atoms with Gasteiger partial charge in [-0.3, -0.25) is 0 Å². The Morgan fingerprint density at radius 3 is 1.70 bits per heavy atom. The van der Waals surface area contributed by atoms with E-state index >= 15 is 0 Å². The van der Waals surface area contributed by atoms with Gasteiger partial charge in [0, 0.05) is 0 Å². The van der Waals surface area contributed by atoms with Crippen molar-refractivity contribution in [2.75, 3.05) is 11.5 Å². The first-order valence-corrected chi connectivity index (χ1v) is 11.6. The second kappa shape index (κ2) is 11.6. The van der Waals surface area contributed by atoms with E-state index in [0.29, 0.717) is 34.0 Å². The number of benzene rings is 4. The highest BCUT2D eigenvalue weighted by atomic mass is 16.4. The van der Waals surface area contributed by atoms with Crippen LogP contribution in [0.5, 0.6) is 5.75 Å². The fourth-order valence-corrected chi connectivity index (χ4v) is 3.35. The summed E-state index contributed by atoms with van der Waals surface area (Å²) < 4.78 is 0. The van der Waals surface area contributed by atoms with E-state index in [-0.39, 0.29) is 33.9 Å². The summed E-state index contributed by atoms with van der Waals surface area (Å²) in [4.78, 5) is 22.2. The van der Waals surface area contributed by atoms with Gasteiger partial charge in [0.2, 0.25) is 0 Å². The number of aromatic hydroxyl groups is 1. The van der Waals surface area contributed by atoms with Crippen LogP contribution in [0.25, 0.3) is 0 Å². The van der Waals surface area contributed by atoms with E-state index in [4.69, 9.17) is 21.7 Å². The van der Waals surface area contributed by atoms with Crippen molar-refractivity contribution < 1.29 is 24.9 Å². The van der Waals surface area contributed by atoms with E-state index in [0.717, 1.165) is 0 Å². The summed E-state index contributed by atoms with van der Waals surface area (Å²) in [6.07, 6.45) is 0. The molecular formula is C27H22N8O5. The van der Waals surface area contributed by atoms with E-state index in [2.05, 4.69) is 30.7 Å². The van der Waals surface area contributed by atoms with Crippen molar-refractivity contribution >= 4 is 57.4 Å². The number of hydrogen-bond donors (Lipinski definition) is 5. The Morgan fingerprint density at radius 2 is 1.12 bits per heavy atom. The van der Waals surface area contributed by atoms with Gasteiger partial charge in [-0.2, -0.15) is 20.5 Å². The predicted octanol–water partition coefficient (Wildman–Crippen LogP) is 7.51. The Labute approximate surface area is 226 Å². The molecule has 0 saturated carbocycles. The Balaban J connectivity index is 1.51. The van der Waals surface area contributed by atoms with Crippen molar-refractivity contribution in [2.24, 2.45) is 30.7 Å². The van der Waals surface area contributed by atoms with Gasteiger partial charge in [-0.15, -0.1) is 10.2 Å². The summed E-state index contributed by atoms with van der Waals surface area (Å²) in [6, 6.07) is 18.0. The molecule has 0 aliphatic carbocycles. The van der Waals surface area contributed by atoms with Crippen LogP contribution in [0.4, 0.5) is 45.5 Å². The Bertz CT molecular complexity index is 1680. The number of carboxylic acids is 2. The highest BCUT2D eigenvalue weighted by Gasteiger charge is 2.13. The molecular weight excluding hydrogens is 516 g/mol. The number of anilines is 2. The minimum absolute atomic E-state index is 0.132. The number of nitrogen functional groups attached to an aromatic ring is 2. The fourth-order valence-electron chi connectivity index (χ4n) is 3.35. The highest BCUT2D eigenvalue weighted by Crippen LogP contribution is 2.41. The van der Waals surface area contributed by atoms with Gasteiger partial charge in [0.15, 0.2) is 0 Å². The third-order valence-electron chi connectivity index (χ3n) is 5.56. The van der Waals surface area contributed by atoms with Crippen molar-refractivity contribution in [3.63, 3.8) is 0 Å². The van der Waals surface area contributed by atoms with Crippen molar-refractivity contribution in [3.8, 4) is 5.75 Å². The van der Waals surface area contributed by atoms with Crippen molar-refractivity contribution in [2.45, 2.75) is 6.92 Å². The number of aromatic carboxylic acids is 2. The molecule has 40 heavy (non-hydrogen) atoms. The molecule has 200 valence electrons. The zero-order valence-corrected chi connectivity index (χ0v) is 20.9. The number of carbonyl (C=O) groups is 2. The molecule has 4 aromatic rings. The average molecular weight is 539 g/mol. The van der Waals surface area contributed by atoms with Crippen LogP contribution < -0.4 is 11.5 Å². The third kappa shape index (κ3) is 6.28. The Kier molecular flexibility index (Phi) is 7.85. The van der Waals surface area contributed by atoms with Crippen LogP contribution in [0.15, 0.2) is 103 Å². The van der Waals surface area contributed by atoms with Gasteiger partial charge in [0.25, 0.3) is 0 Å². The second-order valence-corrected chi connectivity index (χ2v) is 8.36. The van der Waals surface area contributed by atoms with Gasteiger partial charge < -0.3 is 26.8 Å². The van der Waals surface area contributed by atoms with E-state index in [1.165, 1.54) is 42.5 Å². The van der Waals surface area contributed by atoms with Crippen LogP contribution >= 0.6 is 0 Å². The number of carboxylic acid groups (broad SMARTS) is 2. The van der Waals surface area contributed by atoms with E-state index in [1.54, 1.807) is 37.3 Å². The predicted molar refractivity (Wildman–Crippen MR) is 147 cm³/mol. The molecule has 4 aromatic carbocycles. The quantitative estimate of drug-likeness (QED) is 0.112. The molecule has 0 atom stereocenters. The van der Waals surface area contributed by atoms with E-state index in [1.807, 2.05) is 0 Å². The molecule has 0 bridgehead atoms. The number of azo groups is 3. The van der Waals surface area contributed by atoms with Crippen LogP contribution in [-0.2, 0) is 0 Å². The molecule has 0 aromatic heterocycles. The Morgan fingerprint density at radius 1 is 0.625 bits per heavy atom. The summed E-state index contributed by atoms with van der Waals surface area (Å²) >= 11 is 0. The average Bonchev–Trinajstić information content (AvgIpc) is 2.94. The van der Waals surface area contributed by atoms with Crippen LogP contribution in [0.1, 0.15) is 26.3 Å². The van der Waals surface area contributed by atoms with E-state index < -0.39 is 11.9 Å². The summed E-state index contributed by atoms with van der Waals surface area (Å²) in [6.45, 7) is 1.77. The maximum absolute atomic E-state index is 11.2. The normalized spacial score (nSPS) is 11.5. The topological polar surface area (TPSA) is 221 Å². The van der Waals surface area contributed by atoms with Crippen molar-refractivity contribution in [3.05, 3.63) is 89.5 Å². The van der Waals surface area contributed by atoms with Gasteiger partial charge in [-0.05, 0) is 85.3 Å². The minimum atomic E-state index is -1.28. The molecule has 0 fully saturated rings. The van der Waals surface area contributed by atoms with Crippen LogP contribution in [-0.4, -0.2) is 27.3 Å². The summed E-state index contributed by atoms with van der Waals surface area (Å²) in [5, 5.41) is 52.5. The monoisotopic (exact) mass is 538 g/mol. The third-order valence-corrected chi connectivity index (χ3v) is 5.56. The van der Waals surface area contributed by atoms with Gasteiger partial charge in [-0.25, -0.2) is 9.59 Å². The molecule has 0 amide bonds. The van der Waals surface area contributed by atoms with Crippen molar-refractivity contribution in [1.29, 1.82) is 0 Å². The van der Waals surface area contributed by atoms with Crippen molar-refractivity contribution in [1.82, 2.24) is 0 Å². The van der Waals surface area contributed by atoms with Crippen LogP contribution in [0.3, 0.4) is 0 Å². The lowest BCUT2D eigenvalue weighted by Gasteiger charge is -2.09. The zero-order chi connectivity index (χ0) is 28.8. The molecule has 0 aliphatic heterocycles. The molecule has 0 saturated heterocycles. The maximum atomic E-state index is 11.2. The Hall–Kier alpha value is -5.98. The first kappa shape index (κ1) is 27.1. The lowest BCUT2D eigenvalue weighted by Crippen LogP contribution is -1.95. The largest absolute Gasteiger partial charge is 0.507 e. The maximum Gasteiger partial charge on any atom is 0.339 e. The van der Waals surface area contributed by atoms with Gasteiger partial charge in [0.05, 0.1) is 39.7 Å². The lowest BCUT2D eigenvalue weighted by atomic mass is 10.1. The van der Waals surface area contributed by atoms with E-state index in [9.17, 15) is 14.7 Å². The minimum Gasteiger partial charge on any atom is -0.507 e. The number of phenols is 1. The number of aryl methyl sites for hydroxylation is 1. The number of hydrogen-bond acceptors (Lipinski definition) is 11. The number of rotatable bonds is 8. The molecule has 4 rings (SSSR count).